The second-order valence-corrected chi connectivity index (χ2v) is 17.7. The fraction of sp³-hybridized carbons (Fsp3) is 0.968. The van der Waals surface area contributed by atoms with Gasteiger partial charge in [-0.15, -0.1) is 11.6 Å². The Bertz CT molecular complexity index is 626. The molecule has 0 aromatic rings. The van der Waals surface area contributed by atoms with E-state index in [1.165, 1.54) is 89.9 Å². The van der Waals surface area contributed by atoms with E-state index in [2.05, 4.69) is 11.8 Å². The van der Waals surface area contributed by atoms with Crippen LogP contribution in [0.5, 0.6) is 0 Å². The minimum Gasteiger partial charge on any atom is -0.299 e. The number of carbonyl (C=O) groups is 1. The van der Waals surface area contributed by atoms with E-state index in [9.17, 15) is 4.79 Å². The van der Waals surface area contributed by atoms with Crippen LogP contribution in [0.25, 0.3) is 0 Å². The van der Waals surface area contributed by atoms with Gasteiger partial charge in [-0.25, -0.2) is 0 Å². The van der Waals surface area contributed by atoms with Gasteiger partial charge in [-0.1, -0.05) is 32.1 Å². The molecule has 200 valence electrons. The molecule has 1 nitrogen and oxygen atoms in total. The lowest BCUT2D eigenvalue weighted by Gasteiger charge is -2.39. The van der Waals surface area contributed by atoms with Crippen LogP contribution >= 0.6 is 23.4 Å². The highest BCUT2D eigenvalue weighted by molar-refractivity contribution is 8.00. The molecular formula is C31H52ClOS2+. The summed E-state index contributed by atoms with van der Waals surface area (Å²) in [6, 6.07) is 0. The maximum absolute atomic E-state index is 13.1. The minimum absolute atomic E-state index is 0.211. The molecule has 4 heteroatoms. The zero-order chi connectivity index (χ0) is 24.0. The van der Waals surface area contributed by atoms with Crippen LogP contribution < -0.4 is 0 Å². The van der Waals surface area contributed by atoms with Gasteiger partial charge in [0.15, 0.2) is 0 Å². The molecule has 0 heterocycles. The SMILES string of the molecule is O=C(C1CCCCC1)C1CCC(SC2CCC([S+](C3CCCCC3)C3CCCCC3)CC2)C(Cl)C1. The van der Waals surface area contributed by atoms with Crippen LogP contribution in [0.15, 0.2) is 0 Å². The number of carbonyl (C=O) groups excluding carboxylic acids is 1. The van der Waals surface area contributed by atoms with Gasteiger partial charge >= 0.3 is 0 Å². The monoisotopic (exact) mass is 539 g/mol. The van der Waals surface area contributed by atoms with Crippen molar-refractivity contribution in [3.05, 3.63) is 0 Å². The van der Waals surface area contributed by atoms with Crippen LogP contribution in [0.3, 0.4) is 0 Å². The van der Waals surface area contributed by atoms with Crippen molar-refractivity contribution in [3.63, 3.8) is 0 Å². The summed E-state index contributed by atoms with van der Waals surface area (Å²) in [6.07, 6.45) is 30.5. The van der Waals surface area contributed by atoms with E-state index in [0.29, 0.717) is 27.8 Å². The summed E-state index contributed by atoms with van der Waals surface area (Å²) in [7, 11) is 0.702. The predicted molar refractivity (Wildman–Crippen MR) is 157 cm³/mol. The standard InChI is InChI=1S/C31H52ClOS2/c32-29-22-24(31(33)23-10-4-1-5-11-23)16-21-30(29)34-25-17-19-28(20-18-25)35(26-12-6-2-7-13-26)27-14-8-3-9-15-27/h23-30H,1-22H2/q+1. The third-order valence-corrected chi connectivity index (χ3v) is 16.5. The molecule has 0 aromatic heterocycles. The van der Waals surface area contributed by atoms with Crippen LogP contribution in [-0.2, 0) is 15.7 Å². The molecule has 0 bridgehead atoms. The van der Waals surface area contributed by atoms with Crippen LogP contribution in [0.4, 0.5) is 0 Å². The van der Waals surface area contributed by atoms with Gasteiger partial charge in [0, 0.05) is 27.7 Å². The Hall–Kier alpha value is 0.660. The highest BCUT2D eigenvalue weighted by atomic mass is 35.5. The first-order valence-electron chi connectivity index (χ1n) is 15.7. The van der Waals surface area contributed by atoms with Crippen molar-refractivity contribution in [2.75, 3.05) is 0 Å². The number of ketones is 1. The average molecular weight is 540 g/mol. The number of alkyl halides is 1. The molecule has 0 aromatic carbocycles. The maximum Gasteiger partial charge on any atom is 0.139 e. The molecule has 35 heavy (non-hydrogen) atoms. The number of Topliss-reactive ketones (excluding diaryl/α,β-unsaturated/α-hetero) is 1. The predicted octanol–water partition coefficient (Wildman–Crippen LogP) is 9.24. The van der Waals surface area contributed by atoms with E-state index in [4.69, 9.17) is 11.6 Å². The van der Waals surface area contributed by atoms with Crippen LogP contribution in [-0.4, -0.2) is 37.4 Å². The van der Waals surface area contributed by atoms with Crippen molar-refractivity contribution in [3.8, 4) is 0 Å². The fourth-order valence-electron chi connectivity index (χ4n) is 8.40. The molecular weight excluding hydrogens is 488 g/mol. The lowest BCUT2D eigenvalue weighted by atomic mass is 9.76. The molecule has 0 amide bonds. The van der Waals surface area contributed by atoms with Crippen molar-refractivity contribution in [1.29, 1.82) is 0 Å². The number of hydrogen-bond acceptors (Lipinski definition) is 2. The Morgan fingerprint density at radius 1 is 0.571 bits per heavy atom. The molecule has 5 aliphatic carbocycles. The molecule has 0 N–H and O–H groups in total. The average Bonchev–Trinajstić information content (AvgIpc) is 2.92. The van der Waals surface area contributed by atoms with Gasteiger partial charge in [0.1, 0.15) is 21.5 Å². The first-order chi connectivity index (χ1) is 17.2. The zero-order valence-corrected chi connectivity index (χ0v) is 24.7. The lowest BCUT2D eigenvalue weighted by Crippen LogP contribution is -2.44. The number of thioether (sulfide) groups is 1. The third-order valence-electron chi connectivity index (χ3n) is 10.4. The van der Waals surface area contributed by atoms with Crippen molar-refractivity contribution in [2.24, 2.45) is 11.8 Å². The molecule has 5 rings (SSSR count). The highest BCUT2D eigenvalue weighted by Gasteiger charge is 2.46. The van der Waals surface area contributed by atoms with Crippen LogP contribution in [0.2, 0.25) is 0 Å². The largest absolute Gasteiger partial charge is 0.299 e. The second kappa shape index (κ2) is 13.6. The maximum atomic E-state index is 13.1. The Labute approximate surface area is 228 Å². The van der Waals surface area contributed by atoms with Gasteiger partial charge in [-0.2, -0.15) is 11.8 Å². The van der Waals surface area contributed by atoms with E-state index >= 15 is 0 Å². The first-order valence-corrected chi connectivity index (χ1v) is 18.5. The summed E-state index contributed by atoms with van der Waals surface area (Å²) in [5.74, 6) is 1.21. The summed E-state index contributed by atoms with van der Waals surface area (Å²) in [5, 5.41) is 4.81. The van der Waals surface area contributed by atoms with Crippen molar-refractivity contribution < 1.29 is 4.79 Å². The number of hydrogen-bond donors (Lipinski definition) is 0. The van der Waals surface area contributed by atoms with Crippen molar-refractivity contribution in [2.45, 2.75) is 173 Å². The molecule has 3 unspecified atom stereocenters. The minimum atomic E-state index is 0.211. The van der Waals surface area contributed by atoms with Gasteiger partial charge in [-0.3, -0.25) is 4.79 Å². The van der Waals surface area contributed by atoms with E-state index < -0.39 is 0 Å². The van der Waals surface area contributed by atoms with E-state index in [0.717, 1.165) is 46.7 Å². The summed E-state index contributed by atoms with van der Waals surface area (Å²) in [6.45, 7) is 0. The molecule has 5 fully saturated rings. The van der Waals surface area contributed by atoms with Gasteiger partial charge < -0.3 is 0 Å². The molecule has 3 atom stereocenters. The summed E-state index contributed by atoms with van der Waals surface area (Å²) < 4.78 is 0. The van der Waals surface area contributed by atoms with Gasteiger partial charge in [0.25, 0.3) is 0 Å². The third kappa shape index (κ3) is 7.20. The molecule has 5 saturated carbocycles. The van der Waals surface area contributed by atoms with Gasteiger partial charge in [-0.05, 0) is 120 Å². The number of rotatable bonds is 7. The zero-order valence-electron chi connectivity index (χ0n) is 22.3. The topological polar surface area (TPSA) is 17.1 Å². The van der Waals surface area contributed by atoms with Crippen molar-refractivity contribution in [1.82, 2.24) is 0 Å². The molecule has 0 aliphatic heterocycles. The Morgan fingerprint density at radius 2 is 1.09 bits per heavy atom. The second-order valence-electron chi connectivity index (χ2n) is 12.8. The Kier molecular flexibility index (Phi) is 10.6. The molecule has 5 aliphatic rings. The normalized spacial score (nSPS) is 36.9. The quantitative estimate of drug-likeness (QED) is 0.237. The molecule has 0 spiro atoms. The fourth-order valence-corrected chi connectivity index (χ4v) is 14.7. The van der Waals surface area contributed by atoms with E-state index in [1.54, 1.807) is 25.7 Å². The van der Waals surface area contributed by atoms with Crippen LogP contribution in [0.1, 0.15) is 141 Å². The van der Waals surface area contributed by atoms with Crippen LogP contribution in [0, 0.1) is 11.8 Å². The Balaban J connectivity index is 1.10. The smallest absolute Gasteiger partial charge is 0.139 e. The summed E-state index contributed by atoms with van der Waals surface area (Å²) >= 11 is 9.23. The van der Waals surface area contributed by atoms with E-state index in [-0.39, 0.29) is 11.3 Å². The Morgan fingerprint density at radius 3 is 1.63 bits per heavy atom. The number of halogens is 1. The van der Waals surface area contributed by atoms with Gasteiger partial charge in [0.05, 0.1) is 0 Å². The molecule has 0 saturated heterocycles. The van der Waals surface area contributed by atoms with Gasteiger partial charge in [0.2, 0.25) is 0 Å². The lowest BCUT2D eigenvalue weighted by molar-refractivity contribution is -0.128. The first kappa shape index (κ1) is 27.2. The van der Waals surface area contributed by atoms with E-state index in [1.807, 2.05) is 0 Å². The van der Waals surface area contributed by atoms with Crippen molar-refractivity contribution >= 4 is 40.0 Å². The highest BCUT2D eigenvalue weighted by Crippen LogP contribution is 2.45. The molecule has 0 radical (unpaired) electrons. The summed E-state index contributed by atoms with van der Waals surface area (Å²) in [5.41, 5.74) is 0. The summed E-state index contributed by atoms with van der Waals surface area (Å²) in [4.78, 5) is 13.1.